The Kier molecular flexibility index (Phi) is 10.3. The van der Waals surface area contributed by atoms with Gasteiger partial charge in [0, 0.05) is 25.0 Å². The molecule has 0 aliphatic heterocycles. The molecular formula is C29H43N3O4S. The Morgan fingerprint density at radius 1 is 0.973 bits per heavy atom. The topological polar surface area (TPSA) is 86.8 Å². The molecule has 37 heavy (non-hydrogen) atoms. The molecule has 0 aliphatic carbocycles. The maximum Gasteiger partial charge on any atom is 0.243 e. The van der Waals surface area contributed by atoms with Crippen molar-refractivity contribution in [2.24, 2.45) is 0 Å². The normalized spacial score (nSPS) is 12.6. The number of hydrogen-bond donors (Lipinski definition) is 1. The fraction of sp³-hybridized carbons (Fsp3) is 0.517. The van der Waals surface area contributed by atoms with E-state index in [1.165, 1.54) is 10.6 Å². The number of aryl methyl sites for hydroxylation is 3. The second kappa shape index (κ2) is 12.6. The Bertz CT molecular complexity index is 1180. The van der Waals surface area contributed by atoms with Crippen LogP contribution >= 0.6 is 0 Å². The Balaban J connectivity index is 2.27. The van der Waals surface area contributed by atoms with E-state index >= 15 is 0 Å². The maximum absolute atomic E-state index is 13.6. The SMILES string of the molecule is CCC(C(=O)NC(C)(C)C)N(Cc1cccc(C)c1)C(=O)CCCN(c1cc(C)cc(C)c1)S(C)(=O)=O. The number of amides is 2. The number of carbonyl (C=O) groups is 2. The molecule has 204 valence electrons. The highest BCUT2D eigenvalue weighted by molar-refractivity contribution is 7.92. The van der Waals surface area contributed by atoms with Crippen LogP contribution in [0.5, 0.6) is 0 Å². The largest absolute Gasteiger partial charge is 0.350 e. The number of carbonyl (C=O) groups excluding carboxylic acids is 2. The number of benzene rings is 2. The predicted octanol–water partition coefficient (Wildman–Crippen LogP) is 4.88. The molecule has 2 rings (SSSR count). The van der Waals surface area contributed by atoms with E-state index in [4.69, 9.17) is 0 Å². The highest BCUT2D eigenvalue weighted by Crippen LogP contribution is 2.23. The minimum absolute atomic E-state index is 0.127. The first kappa shape index (κ1) is 30.4. The van der Waals surface area contributed by atoms with E-state index in [0.717, 1.165) is 22.3 Å². The number of sulfonamides is 1. The van der Waals surface area contributed by atoms with Gasteiger partial charge in [0.05, 0.1) is 11.9 Å². The molecule has 1 unspecified atom stereocenters. The quantitative estimate of drug-likeness (QED) is 0.449. The lowest BCUT2D eigenvalue weighted by Gasteiger charge is -2.33. The van der Waals surface area contributed by atoms with Crippen LogP contribution in [0.15, 0.2) is 42.5 Å². The highest BCUT2D eigenvalue weighted by atomic mass is 32.2. The fourth-order valence-corrected chi connectivity index (χ4v) is 5.43. The van der Waals surface area contributed by atoms with Gasteiger partial charge in [-0.05, 0) is 83.2 Å². The Morgan fingerprint density at radius 2 is 1.59 bits per heavy atom. The van der Waals surface area contributed by atoms with Gasteiger partial charge in [0.2, 0.25) is 21.8 Å². The summed E-state index contributed by atoms with van der Waals surface area (Å²) < 4.78 is 26.5. The monoisotopic (exact) mass is 529 g/mol. The first-order chi connectivity index (χ1) is 17.1. The molecule has 0 aliphatic rings. The van der Waals surface area contributed by atoms with E-state index in [2.05, 4.69) is 5.32 Å². The molecule has 0 spiro atoms. The molecule has 0 aromatic heterocycles. The van der Waals surface area contributed by atoms with Gasteiger partial charge < -0.3 is 10.2 Å². The van der Waals surface area contributed by atoms with Crippen LogP contribution < -0.4 is 9.62 Å². The molecule has 1 N–H and O–H groups in total. The Hall–Kier alpha value is -2.87. The van der Waals surface area contributed by atoms with Crippen molar-refractivity contribution in [1.82, 2.24) is 10.2 Å². The Labute approximate surface area is 223 Å². The van der Waals surface area contributed by atoms with Crippen molar-refractivity contribution in [2.45, 2.75) is 85.9 Å². The molecule has 0 saturated carbocycles. The third kappa shape index (κ3) is 9.50. The van der Waals surface area contributed by atoms with Gasteiger partial charge in [0.15, 0.2) is 0 Å². The molecular weight excluding hydrogens is 486 g/mol. The van der Waals surface area contributed by atoms with Crippen LogP contribution in [-0.4, -0.2) is 49.5 Å². The van der Waals surface area contributed by atoms with Crippen molar-refractivity contribution in [2.75, 3.05) is 17.1 Å². The van der Waals surface area contributed by atoms with Gasteiger partial charge in [-0.1, -0.05) is 42.8 Å². The third-order valence-corrected chi connectivity index (χ3v) is 7.16. The van der Waals surface area contributed by atoms with E-state index in [9.17, 15) is 18.0 Å². The van der Waals surface area contributed by atoms with Crippen LogP contribution in [0.4, 0.5) is 5.69 Å². The van der Waals surface area contributed by atoms with E-state index in [0.29, 0.717) is 25.1 Å². The van der Waals surface area contributed by atoms with Gasteiger partial charge in [-0.2, -0.15) is 0 Å². The molecule has 2 aromatic carbocycles. The average molecular weight is 530 g/mol. The van der Waals surface area contributed by atoms with Gasteiger partial charge in [-0.25, -0.2) is 8.42 Å². The first-order valence-corrected chi connectivity index (χ1v) is 14.7. The lowest BCUT2D eigenvalue weighted by atomic mass is 10.0. The molecule has 0 bridgehead atoms. The lowest BCUT2D eigenvalue weighted by Crippen LogP contribution is -2.53. The van der Waals surface area contributed by atoms with Crippen molar-refractivity contribution in [1.29, 1.82) is 0 Å². The zero-order chi connectivity index (χ0) is 28.0. The smallest absolute Gasteiger partial charge is 0.243 e. The summed E-state index contributed by atoms with van der Waals surface area (Å²) in [5, 5.41) is 3.01. The molecule has 2 amide bonds. The van der Waals surface area contributed by atoms with Gasteiger partial charge in [-0.3, -0.25) is 13.9 Å². The van der Waals surface area contributed by atoms with Gasteiger partial charge in [-0.15, -0.1) is 0 Å². The standard InChI is InChI=1S/C29H43N3O4S/c1-9-26(28(34)30-29(5,6)7)31(20-24-13-10-12-21(2)17-24)27(33)14-11-15-32(37(8,35)36)25-18-22(3)16-23(4)19-25/h10,12-13,16-19,26H,9,11,14-15,20H2,1-8H3,(H,30,34). The minimum atomic E-state index is -3.53. The van der Waals surface area contributed by atoms with Crippen LogP contribution in [0.2, 0.25) is 0 Å². The lowest BCUT2D eigenvalue weighted by molar-refractivity contribution is -0.142. The molecule has 8 heteroatoms. The van der Waals surface area contributed by atoms with Crippen molar-refractivity contribution >= 4 is 27.5 Å². The molecule has 0 saturated heterocycles. The maximum atomic E-state index is 13.6. The van der Waals surface area contributed by atoms with Crippen molar-refractivity contribution in [3.05, 3.63) is 64.7 Å². The summed E-state index contributed by atoms with van der Waals surface area (Å²) in [6.07, 6.45) is 2.11. The minimum Gasteiger partial charge on any atom is -0.350 e. The average Bonchev–Trinajstić information content (AvgIpc) is 2.73. The zero-order valence-corrected chi connectivity index (χ0v) is 24.4. The molecule has 7 nitrogen and oxygen atoms in total. The predicted molar refractivity (Wildman–Crippen MR) is 151 cm³/mol. The van der Waals surface area contributed by atoms with E-state index in [1.807, 2.05) is 90.9 Å². The first-order valence-electron chi connectivity index (χ1n) is 12.8. The molecule has 2 aromatic rings. The zero-order valence-electron chi connectivity index (χ0n) is 23.6. The highest BCUT2D eigenvalue weighted by Gasteiger charge is 2.30. The third-order valence-electron chi connectivity index (χ3n) is 5.97. The summed E-state index contributed by atoms with van der Waals surface area (Å²) in [5.74, 6) is -0.365. The van der Waals surface area contributed by atoms with Crippen molar-refractivity contribution < 1.29 is 18.0 Å². The van der Waals surface area contributed by atoms with E-state index in [1.54, 1.807) is 4.90 Å². The second-order valence-electron chi connectivity index (χ2n) is 11.0. The molecule has 0 radical (unpaired) electrons. The number of nitrogens with zero attached hydrogens (tertiary/aromatic N) is 2. The summed E-state index contributed by atoms with van der Waals surface area (Å²) in [7, 11) is -3.53. The summed E-state index contributed by atoms with van der Waals surface area (Å²) >= 11 is 0. The number of hydrogen-bond acceptors (Lipinski definition) is 4. The molecule has 0 fully saturated rings. The number of anilines is 1. The van der Waals surface area contributed by atoms with Crippen LogP contribution in [-0.2, 0) is 26.2 Å². The van der Waals surface area contributed by atoms with Crippen molar-refractivity contribution in [3.63, 3.8) is 0 Å². The van der Waals surface area contributed by atoms with Gasteiger partial charge >= 0.3 is 0 Å². The van der Waals surface area contributed by atoms with Crippen LogP contribution in [0.3, 0.4) is 0 Å². The van der Waals surface area contributed by atoms with E-state index in [-0.39, 0.29) is 24.8 Å². The van der Waals surface area contributed by atoms with Gasteiger partial charge in [0.25, 0.3) is 0 Å². The fourth-order valence-electron chi connectivity index (χ4n) is 4.48. The summed E-state index contributed by atoms with van der Waals surface area (Å²) in [6, 6.07) is 12.9. The van der Waals surface area contributed by atoms with Crippen LogP contribution in [0.25, 0.3) is 0 Å². The summed E-state index contributed by atoms with van der Waals surface area (Å²) in [6.45, 7) is 14.0. The molecule has 1 atom stereocenters. The Morgan fingerprint density at radius 3 is 2.11 bits per heavy atom. The summed E-state index contributed by atoms with van der Waals surface area (Å²) in [4.78, 5) is 28.4. The van der Waals surface area contributed by atoms with Crippen LogP contribution in [0.1, 0.15) is 69.2 Å². The van der Waals surface area contributed by atoms with Gasteiger partial charge in [0.1, 0.15) is 6.04 Å². The number of rotatable bonds is 11. The molecule has 0 heterocycles. The second-order valence-corrected chi connectivity index (χ2v) is 12.9. The van der Waals surface area contributed by atoms with Crippen molar-refractivity contribution in [3.8, 4) is 0 Å². The number of nitrogens with one attached hydrogen (secondary N) is 1. The van der Waals surface area contributed by atoms with Crippen LogP contribution in [0, 0.1) is 20.8 Å². The van der Waals surface area contributed by atoms with E-state index < -0.39 is 21.6 Å². The summed E-state index contributed by atoms with van der Waals surface area (Å²) in [5.41, 5.74) is 4.14.